The number of anilines is 6. The van der Waals surface area contributed by atoms with Crippen LogP contribution in [0, 0.1) is 0 Å². The van der Waals surface area contributed by atoms with Crippen LogP contribution < -0.4 is 26.2 Å². The summed E-state index contributed by atoms with van der Waals surface area (Å²) in [6.45, 7) is 19.1. The summed E-state index contributed by atoms with van der Waals surface area (Å²) in [6, 6.07) is 78.2. The van der Waals surface area contributed by atoms with Gasteiger partial charge in [-0.2, -0.15) is 0 Å². The molecule has 0 bridgehead atoms. The first kappa shape index (κ1) is 52.5. The lowest BCUT2D eigenvalue weighted by Crippen LogP contribution is -2.61. The minimum atomic E-state index is -0.763. The fourth-order valence-corrected chi connectivity index (χ4v) is 15.3. The molecule has 510 valence electrons. The largest absolute Gasteiger partial charge is 0.311 e. The van der Waals surface area contributed by atoms with Gasteiger partial charge in [0.05, 0.1) is 40.2 Å². The topological polar surface area (TPSA) is 50.1 Å². The van der Waals surface area contributed by atoms with Gasteiger partial charge in [-0.05, 0) is 161 Å². The molecule has 0 radical (unpaired) electrons. The first-order valence-electron chi connectivity index (χ1n) is 42.5. The lowest BCUT2D eigenvalue weighted by molar-refractivity contribution is 0.569. The van der Waals surface area contributed by atoms with Gasteiger partial charge in [-0.1, -0.05) is 323 Å². The molecule has 0 saturated carbocycles. The summed E-state index contributed by atoms with van der Waals surface area (Å²) in [5.41, 5.74) is 17.9. The van der Waals surface area contributed by atoms with Crippen LogP contribution in [0.3, 0.4) is 0 Å². The van der Waals surface area contributed by atoms with Crippen LogP contribution in [0.4, 0.5) is 34.1 Å². The van der Waals surface area contributed by atoms with Crippen molar-refractivity contribution in [3.05, 3.63) is 344 Å². The molecule has 4 heterocycles. The van der Waals surface area contributed by atoms with E-state index in [1.165, 1.54) is 0 Å². The molecule has 2 aromatic heterocycles. The van der Waals surface area contributed by atoms with Crippen molar-refractivity contribution in [2.24, 2.45) is 0 Å². The Labute approximate surface area is 641 Å². The molecule has 2 aliphatic heterocycles. The molecule has 0 N–H and O–H groups in total. The minimum Gasteiger partial charge on any atom is -0.311 e. The summed E-state index contributed by atoms with van der Waals surface area (Å²) in [7, 11) is 0. The smallest absolute Gasteiger partial charge is 0.252 e. The number of rotatable bonds is 11. The van der Waals surface area contributed by atoms with E-state index in [1.54, 1.807) is 4.57 Å². The van der Waals surface area contributed by atoms with E-state index in [2.05, 4.69) is 169 Å². The summed E-state index contributed by atoms with van der Waals surface area (Å²) in [4.78, 5) is 21.1. The molecule has 0 unspecified atom stereocenters. The molecule has 14 aromatic carbocycles. The zero-order chi connectivity index (χ0) is 83.5. The van der Waals surface area contributed by atoms with Crippen LogP contribution in [0.5, 0.6) is 0 Å². The van der Waals surface area contributed by atoms with Crippen LogP contribution in [-0.4, -0.2) is 26.2 Å². The molecule has 106 heavy (non-hydrogen) atoms. The predicted molar refractivity (Wildman–Crippen MR) is 448 cm³/mol. The molecule has 0 saturated heterocycles. The predicted octanol–water partition coefficient (Wildman–Crippen LogP) is 24.3. The van der Waals surface area contributed by atoms with Crippen LogP contribution in [0.1, 0.15) is 96.8 Å². The number of hydrogen-bond donors (Lipinski definition) is 0. The van der Waals surface area contributed by atoms with E-state index in [0.717, 1.165) is 100 Å². The van der Waals surface area contributed by atoms with Crippen LogP contribution in [0.15, 0.2) is 327 Å². The van der Waals surface area contributed by atoms with Crippen molar-refractivity contribution < 1.29 is 17.8 Å². The molecule has 0 spiro atoms. The Hall–Kier alpha value is -12.4. The average Bonchev–Trinajstić information content (AvgIpc) is 1.56. The van der Waals surface area contributed by atoms with Crippen molar-refractivity contribution in [1.29, 1.82) is 0 Å². The summed E-state index contributed by atoms with van der Waals surface area (Å²) < 4.78 is 124. The lowest BCUT2D eigenvalue weighted by Gasteiger charge is -2.46. The van der Waals surface area contributed by atoms with Crippen LogP contribution in [0.25, 0.3) is 117 Å². The molecule has 18 rings (SSSR count). The summed E-state index contributed by atoms with van der Waals surface area (Å²) in [6.07, 6.45) is 0. The van der Waals surface area contributed by atoms with Gasteiger partial charge in [0.15, 0.2) is 17.5 Å². The van der Waals surface area contributed by atoms with Crippen molar-refractivity contribution in [2.75, 3.05) is 9.80 Å². The Morgan fingerprint density at radius 2 is 0.717 bits per heavy atom. The maximum absolute atomic E-state index is 9.86. The summed E-state index contributed by atoms with van der Waals surface area (Å²) in [5.74, 6) is 1.21. The highest BCUT2D eigenvalue weighted by Gasteiger charge is 2.46. The standard InChI is InChI=1S/C99H81BN6/c1-97(2,3)74-54-72(55-75(60-74)98(4,5)6)73-58-90-92-91(59-73)106(93-81(67-38-22-13-23-39-67)61-76(99(7,8)9)62-82(93)96-102-94(68-40-24-14-25-41-68)101-95(103-96)69-42-26-15-27-43-69)88-57-71(65-34-18-11-19-35-65)48-51-83(88)100(92)84-52-50-77(104-85-46-30-28-44-78(85)79-45-29-31-47-86(79)104)63-89(84)105(90)87-53-49-70(64-32-16-10-17-33-64)56-80(87)66-36-20-12-21-37-66/h10-63H,1-9H3/i11D,18D,19D,28D,29D,30D,31D,34D,35D,44D,45D,46D,47D. The van der Waals surface area contributed by atoms with Gasteiger partial charge in [-0.25, -0.2) is 15.0 Å². The summed E-state index contributed by atoms with van der Waals surface area (Å²) >= 11 is 0. The SMILES string of the molecule is [2H]c1c([2H])c([2H])c(-c2ccc3c(c2)N(c2c(-c4ccccc4)cc(C(C)(C)C)cc2-c2nc(-c4ccccc4)nc(-c4ccccc4)n2)c2cc(-c4cc(C(C)(C)C)cc(C(C)(C)C)c4)cc4c2B3c2ccc(-n3c5c([2H])c([2H])c([2H])c([2H])c5c5c([2H])c([2H])c([2H])c([2H])c53)cc2N4c2ccc(-c3ccccc3)cc2-c2ccccc2)c([2H])c1[2H]. The monoisotopic (exact) mass is 1380 g/mol. The maximum atomic E-state index is 9.86. The molecular formula is C99H81BN6. The van der Waals surface area contributed by atoms with Gasteiger partial charge >= 0.3 is 0 Å². The zero-order valence-corrected chi connectivity index (χ0v) is 60.4. The third kappa shape index (κ3) is 11.6. The number of nitrogens with zero attached hydrogens (tertiary/aromatic N) is 6. The second-order valence-electron chi connectivity index (χ2n) is 30.7. The number of aromatic nitrogens is 4. The van der Waals surface area contributed by atoms with E-state index in [9.17, 15) is 13.7 Å². The number of para-hydroxylation sites is 2. The van der Waals surface area contributed by atoms with Gasteiger partial charge in [0.2, 0.25) is 0 Å². The summed E-state index contributed by atoms with van der Waals surface area (Å²) in [5, 5.41) is -0.124. The highest BCUT2D eigenvalue weighted by Crippen LogP contribution is 2.54. The first-order valence-corrected chi connectivity index (χ1v) is 36.0. The molecule has 6 nitrogen and oxygen atoms in total. The number of hydrogen-bond acceptors (Lipinski definition) is 5. The van der Waals surface area contributed by atoms with E-state index in [-0.39, 0.29) is 50.3 Å². The highest BCUT2D eigenvalue weighted by molar-refractivity contribution is 7.00. The molecular weight excluding hydrogens is 1280 g/mol. The Morgan fingerprint density at radius 3 is 1.27 bits per heavy atom. The van der Waals surface area contributed by atoms with Crippen LogP contribution >= 0.6 is 0 Å². The van der Waals surface area contributed by atoms with E-state index >= 15 is 0 Å². The van der Waals surface area contributed by atoms with Crippen LogP contribution in [-0.2, 0) is 16.2 Å². The second-order valence-corrected chi connectivity index (χ2v) is 30.7. The molecule has 0 atom stereocenters. The number of benzene rings is 14. The van der Waals surface area contributed by atoms with E-state index in [1.807, 2.05) is 152 Å². The number of fused-ring (bicyclic) bond motifs is 7. The molecule has 0 amide bonds. The Morgan fingerprint density at radius 1 is 0.292 bits per heavy atom. The Bertz CT molecular complexity index is 6710. The van der Waals surface area contributed by atoms with Gasteiger partial charge in [-0.15, -0.1) is 0 Å². The van der Waals surface area contributed by atoms with Crippen molar-refractivity contribution in [3.8, 4) is 95.5 Å². The van der Waals surface area contributed by atoms with Crippen LogP contribution in [0.2, 0.25) is 0 Å². The molecule has 0 fully saturated rings. The highest BCUT2D eigenvalue weighted by atomic mass is 15.2. The molecule has 2 aliphatic rings. The van der Waals surface area contributed by atoms with E-state index < -0.39 is 78.6 Å². The Kier molecular flexibility index (Phi) is 12.8. The normalized spacial score (nSPS) is 14.4. The average molecular weight is 1380 g/mol. The van der Waals surface area contributed by atoms with Gasteiger partial charge in [-0.3, -0.25) is 0 Å². The first-order chi connectivity index (χ1) is 56.9. The van der Waals surface area contributed by atoms with Crippen molar-refractivity contribution >= 4 is 79.0 Å². The maximum Gasteiger partial charge on any atom is 0.252 e. The fourth-order valence-electron chi connectivity index (χ4n) is 15.3. The van der Waals surface area contributed by atoms with Gasteiger partial charge in [0, 0.05) is 67.0 Å². The third-order valence-corrected chi connectivity index (χ3v) is 20.8. The van der Waals surface area contributed by atoms with Gasteiger partial charge < -0.3 is 14.4 Å². The zero-order valence-electron chi connectivity index (χ0n) is 73.4. The lowest BCUT2D eigenvalue weighted by atomic mass is 9.33. The Balaban J connectivity index is 1.07. The van der Waals surface area contributed by atoms with E-state index in [0.29, 0.717) is 57.0 Å². The minimum absolute atomic E-state index is 0.00822. The van der Waals surface area contributed by atoms with Gasteiger partial charge in [0.25, 0.3) is 6.71 Å². The molecule has 16 aromatic rings. The fraction of sp³-hybridized carbons (Fsp3) is 0.121. The van der Waals surface area contributed by atoms with Crippen molar-refractivity contribution in [2.45, 2.75) is 78.6 Å². The molecule has 7 heteroatoms. The van der Waals surface area contributed by atoms with Gasteiger partial charge in [0.1, 0.15) is 0 Å². The van der Waals surface area contributed by atoms with Crippen molar-refractivity contribution in [3.63, 3.8) is 0 Å². The second kappa shape index (κ2) is 25.8. The quantitative estimate of drug-likeness (QED) is 0.121. The van der Waals surface area contributed by atoms with Crippen molar-refractivity contribution in [1.82, 2.24) is 19.5 Å². The van der Waals surface area contributed by atoms with E-state index in [4.69, 9.17) is 19.1 Å². The molecule has 0 aliphatic carbocycles. The third-order valence-electron chi connectivity index (χ3n) is 20.8.